The molecule has 140 valence electrons. The maximum absolute atomic E-state index is 12.1. The second-order valence-corrected chi connectivity index (χ2v) is 5.50. The molecule has 2 aromatic heterocycles. The number of aromatic hydroxyl groups is 1. The van der Waals surface area contributed by atoms with Crippen molar-refractivity contribution in [2.45, 2.75) is 12.7 Å². The Morgan fingerprint density at radius 3 is 2.44 bits per heavy atom. The normalized spacial score (nSPS) is 11.4. The average Bonchev–Trinajstić information content (AvgIpc) is 2.63. The van der Waals surface area contributed by atoms with Crippen LogP contribution in [0.1, 0.15) is 5.56 Å². The van der Waals surface area contributed by atoms with Crippen molar-refractivity contribution in [2.24, 2.45) is 0 Å². The highest BCUT2D eigenvalue weighted by atomic mass is 19.4. The van der Waals surface area contributed by atoms with Gasteiger partial charge in [-0.15, -0.1) is 0 Å². The lowest BCUT2D eigenvalue weighted by Gasteiger charge is -2.09. The second kappa shape index (κ2) is 7.44. The topological polar surface area (TPSA) is 90.1 Å². The lowest BCUT2D eigenvalue weighted by atomic mass is 10.2. The van der Waals surface area contributed by atoms with Gasteiger partial charge in [0.05, 0.1) is 12.2 Å². The Bertz CT molecular complexity index is 988. The molecule has 1 aromatic carbocycles. The SMILES string of the molecule is O=c1ccc(-c2cnc(OCC(F)(F)F)nc2)nn1Cc1ccccc1O. The fourth-order valence-electron chi connectivity index (χ4n) is 2.19. The van der Waals surface area contributed by atoms with E-state index in [-0.39, 0.29) is 17.9 Å². The molecule has 3 aromatic rings. The van der Waals surface area contributed by atoms with Crippen LogP contribution >= 0.6 is 0 Å². The highest BCUT2D eigenvalue weighted by Gasteiger charge is 2.28. The Labute approximate surface area is 150 Å². The number of hydrogen-bond donors (Lipinski definition) is 1. The van der Waals surface area contributed by atoms with Gasteiger partial charge in [0, 0.05) is 29.6 Å². The molecule has 10 heteroatoms. The minimum absolute atomic E-state index is 0.0334. The number of ether oxygens (including phenoxy) is 1. The van der Waals surface area contributed by atoms with Gasteiger partial charge in [0.25, 0.3) is 5.56 Å². The molecule has 0 saturated heterocycles. The van der Waals surface area contributed by atoms with E-state index in [0.29, 0.717) is 16.8 Å². The van der Waals surface area contributed by atoms with E-state index in [4.69, 9.17) is 0 Å². The molecular formula is C17H13F3N4O3. The highest BCUT2D eigenvalue weighted by Crippen LogP contribution is 2.19. The number of phenols is 1. The predicted octanol–water partition coefficient (Wildman–Crippen LogP) is 2.40. The quantitative estimate of drug-likeness (QED) is 0.733. The largest absolute Gasteiger partial charge is 0.508 e. The molecule has 0 atom stereocenters. The van der Waals surface area contributed by atoms with Gasteiger partial charge in [0.15, 0.2) is 6.61 Å². The van der Waals surface area contributed by atoms with Crippen LogP contribution in [-0.2, 0) is 6.54 Å². The summed E-state index contributed by atoms with van der Waals surface area (Å²) in [6.07, 6.45) is -1.99. The van der Waals surface area contributed by atoms with Crippen LogP contribution in [0.5, 0.6) is 11.8 Å². The van der Waals surface area contributed by atoms with Crippen LogP contribution in [0.15, 0.2) is 53.6 Å². The van der Waals surface area contributed by atoms with Crippen molar-refractivity contribution in [3.8, 4) is 23.0 Å². The average molecular weight is 378 g/mol. The zero-order valence-corrected chi connectivity index (χ0v) is 13.7. The maximum Gasteiger partial charge on any atom is 0.422 e. The third kappa shape index (κ3) is 4.81. The molecule has 2 heterocycles. The summed E-state index contributed by atoms with van der Waals surface area (Å²) >= 11 is 0. The summed E-state index contributed by atoms with van der Waals surface area (Å²) in [6.45, 7) is -1.44. The molecule has 0 aliphatic carbocycles. The Kier molecular flexibility index (Phi) is 5.06. The van der Waals surface area contributed by atoms with E-state index in [2.05, 4.69) is 19.8 Å². The first-order valence-electron chi connectivity index (χ1n) is 7.69. The molecule has 0 aliphatic heterocycles. The van der Waals surface area contributed by atoms with Crippen LogP contribution < -0.4 is 10.3 Å². The van der Waals surface area contributed by atoms with Crippen LogP contribution in [0, 0.1) is 0 Å². The second-order valence-electron chi connectivity index (χ2n) is 5.50. The smallest absolute Gasteiger partial charge is 0.422 e. The zero-order chi connectivity index (χ0) is 19.4. The molecule has 0 aliphatic rings. The van der Waals surface area contributed by atoms with E-state index in [1.807, 2.05) is 0 Å². The van der Waals surface area contributed by atoms with E-state index in [1.165, 1.54) is 30.6 Å². The zero-order valence-electron chi connectivity index (χ0n) is 13.7. The molecule has 0 saturated carbocycles. The Hall–Kier alpha value is -3.43. The molecule has 27 heavy (non-hydrogen) atoms. The predicted molar refractivity (Wildman–Crippen MR) is 88.3 cm³/mol. The van der Waals surface area contributed by atoms with Gasteiger partial charge in [0.1, 0.15) is 5.75 Å². The van der Waals surface area contributed by atoms with E-state index in [1.54, 1.807) is 18.2 Å². The van der Waals surface area contributed by atoms with Crippen LogP contribution in [0.25, 0.3) is 11.3 Å². The first-order chi connectivity index (χ1) is 12.8. The third-order valence-corrected chi connectivity index (χ3v) is 3.47. The van der Waals surface area contributed by atoms with Gasteiger partial charge in [-0.1, -0.05) is 18.2 Å². The minimum Gasteiger partial charge on any atom is -0.508 e. The summed E-state index contributed by atoms with van der Waals surface area (Å²) in [4.78, 5) is 19.4. The molecule has 0 spiro atoms. The standard InChI is InChI=1S/C17H13F3N4O3/c18-17(19,20)10-27-16-21-7-12(8-22-16)13-5-6-15(26)24(23-13)9-11-3-1-2-4-14(11)25/h1-8,25H,9-10H2. The van der Waals surface area contributed by atoms with Gasteiger partial charge in [-0.3, -0.25) is 4.79 Å². The molecule has 0 bridgehead atoms. The number of halogens is 3. The minimum atomic E-state index is -4.48. The van der Waals surface area contributed by atoms with Crippen molar-refractivity contribution in [2.75, 3.05) is 6.61 Å². The Morgan fingerprint density at radius 1 is 1.07 bits per heavy atom. The third-order valence-electron chi connectivity index (χ3n) is 3.47. The van der Waals surface area contributed by atoms with E-state index in [9.17, 15) is 23.1 Å². The number of para-hydroxylation sites is 1. The summed E-state index contributed by atoms with van der Waals surface area (Å²) < 4.78 is 42.0. The van der Waals surface area contributed by atoms with Crippen molar-refractivity contribution < 1.29 is 23.0 Å². The van der Waals surface area contributed by atoms with Crippen molar-refractivity contribution in [1.82, 2.24) is 19.7 Å². The number of phenolic OH excluding ortho intramolecular Hbond substituents is 1. The fraction of sp³-hybridized carbons (Fsp3) is 0.176. The molecule has 3 rings (SSSR count). The van der Waals surface area contributed by atoms with Crippen LogP contribution in [-0.4, -0.2) is 37.6 Å². The summed E-state index contributed by atoms with van der Waals surface area (Å²) in [5, 5.41) is 14.0. The molecule has 0 amide bonds. The van der Waals surface area contributed by atoms with Crippen LogP contribution in [0.2, 0.25) is 0 Å². The molecule has 7 nitrogen and oxygen atoms in total. The van der Waals surface area contributed by atoms with Gasteiger partial charge < -0.3 is 9.84 Å². The van der Waals surface area contributed by atoms with E-state index < -0.39 is 18.8 Å². The monoisotopic (exact) mass is 378 g/mol. The first kappa shape index (κ1) is 18.4. The lowest BCUT2D eigenvalue weighted by molar-refractivity contribution is -0.154. The number of nitrogens with zero attached hydrogens (tertiary/aromatic N) is 4. The van der Waals surface area contributed by atoms with Crippen LogP contribution in [0.4, 0.5) is 13.2 Å². The Morgan fingerprint density at radius 2 is 1.78 bits per heavy atom. The van der Waals surface area contributed by atoms with E-state index >= 15 is 0 Å². The van der Waals surface area contributed by atoms with Gasteiger partial charge in [0.2, 0.25) is 0 Å². The molecule has 0 fully saturated rings. The van der Waals surface area contributed by atoms with E-state index in [0.717, 1.165) is 4.68 Å². The summed E-state index contributed by atoms with van der Waals surface area (Å²) in [7, 11) is 0. The maximum atomic E-state index is 12.1. The Balaban J connectivity index is 1.81. The van der Waals surface area contributed by atoms with Gasteiger partial charge >= 0.3 is 12.2 Å². The fourth-order valence-corrected chi connectivity index (χ4v) is 2.19. The van der Waals surface area contributed by atoms with Crippen molar-refractivity contribution in [1.29, 1.82) is 0 Å². The number of rotatable bonds is 5. The van der Waals surface area contributed by atoms with Crippen molar-refractivity contribution in [3.05, 3.63) is 64.7 Å². The van der Waals surface area contributed by atoms with Gasteiger partial charge in [-0.2, -0.15) is 18.3 Å². The van der Waals surface area contributed by atoms with Gasteiger partial charge in [-0.25, -0.2) is 14.6 Å². The van der Waals surface area contributed by atoms with Crippen molar-refractivity contribution >= 4 is 0 Å². The first-order valence-corrected chi connectivity index (χ1v) is 7.69. The summed E-state index contributed by atoms with van der Waals surface area (Å²) in [6, 6.07) is 8.85. The van der Waals surface area contributed by atoms with Crippen molar-refractivity contribution in [3.63, 3.8) is 0 Å². The number of hydrogen-bond acceptors (Lipinski definition) is 6. The number of benzene rings is 1. The molecule has 0 radical (unpaired) electrons. The molecule has 1 N–H and O–H groups in total. The number of aromatic nitrogens is 4. The summed E-state index contributed by atoms with van der Waals surface area (Å²) in [5.74, 6) is 0.0334. The molecule has 0 unspecified atom stereocenters. The molecular weight excluding hydrogens is 365 g/mol. The number of alkyl halides is 3. The van der Waals surface area contributed by atoms with Crippen LogP contribution in [0.3, 0.4) is 0 Å². The highest BCUT2D eigenvalue weighted by molar-refractivity contribution is 5.55. The van der Waals surface area contributed by atoms with Gasteiger partial charge in [-0.05, 0) is 12.1 Å². The lowest BCUT2D eigenvalue weighted by Crippen LogP contribution is -2.23. The summed E-state index contributed by atoms with van der Waals surface area (Å²) in [5.41, 5.74) is 0.859.